The lowest BCUT2D eigenvalue weighted by atomic mass is 10.1. The molecular weight excluding hydrogens is 400 g/mol. The van der Waals surface area contributed by atoms with E-state index in [-0.39, 0.29) is 16.8 Å². The normalized spacial score (nSPS) is 14.3. The van der Waals surface area contributed by atoms with E-state index < -0.39 is 16.8 Å². The number of nitro groups is 1. The largest absolute Gasteiger partial charge is 0.465 e. The molecule has 1 saturated heterocycles. The molecule has 0 unspecified atom stereocenters. The van der Waals surface area contributed by atoms with Crippen LogP contribution < -0.4 is 5.32 Å². The van der Waals surface area contributed by atoms with E-state index in [2.05, 4.69) is 10.1 Å². The van der Waals surface area contributed by atoms with Gasteiger partial charge in [-0.3, -0.25) is 14.9 Å². The van der Waals surface area contributed by atoms with Crippen LogP contribution >= 0.6 is 23.5 Å². The summed E-state index contributed by atoms with van der Waals surface area (Å²) in [6.45, 7) is 0. The third kappa shape index (κ3) is 4.85. The number of carbonyl (C=O) groups is 2. The maximum absolute atomic E-state index is 12.6. The summed E-state index contributed by atoms with van der Waals surface area (Å²) in [5.74, 6) is 0.942. The summed E-state index contributed by atoms with van der Waals surface area (Å²) in [7, 11) is 1.17. The van der Waals surface area contributed by atoms with E-state index >= 15 is 0 Å². The minimum absolute atomic E-state index is 0.0152. The standard InChI is InChI=1S/C19H18N2O5S2/c1-26-18(23)14-8-13(10-16(11-14)21(24)25)17(22)20-15-5-2-4-12(9-15)19-27-6-3-7-28-19/h2,4-5,8-11,19H,3,6-7H2,1H3,(H,20,22). The van der Waals surface area contributed by atoms with Gasteiger partial charge in [0.05, 0.1) is 22.2 Å². The molecule has 2 aromatic rings. The predicted molar refractivity (Wildman–Crippen MR) is 111 cm³/mol. The minimum Gasteiger partial charge on any atom is -0.465 e. The van der Waals surface area contributed by atoms with Crippen molar-refractivity contribution in [2.75, 3.05) is 23.9 Å². The molecule has 9 heteroatoms. The van der Waals surface area contributed by atoms with E-state index in [0.717, 1.165) is 29.2 Å². The Labute approximate surface area is 170 Å². The van der Waals surface area contributed by atoms with Gasteiger partial charge in [0, 0.05) is 23.4 Å². The van der Waals surface area contributed by atoms with Crippen molar-refractivity contribution in [3.05, 3.63) is 69.3 Å². The monoisotopic (exact) mass is 418 g/mol. The van der Waals surface area contributed by atoms with Crippen LogP contribution in [0.3, 0.4) is 0 Å². The second-order valence-corrected chi connectivity index (χ2v) is 8.75. The van der Waals surface area contributed by atoms with Crippen LogP contribution in [0.5, 0.6) is 0 Å². The zero-order chi connectivity index (χ0) is 20.1. The summed E-state index contributed by atoms with van der Waals surface area (Å²) in [5.41, 5.74) is 1.33. The Morgan fingerprint density at radius 2 is 1.86 bits per heavy atom. The van der Waals surface area contributed by atoms with Crippen LogP contribution in [-0.2, 0) is 4.74 Å². The highest BCUT2D eigenvalue weighted by Gasteiger charge is 2.20. The first-order valence-corrected chi connectivity index (χ1v) is 10.6. The average molecular weight is 418 g/mol. The summed E-state index contributed by atoms with van der Waals surface area (Å²) in [6.07, 6.45) is 1.19. The van der Waals surface area contributed by atoms with Gasteiger partial charge in [-0.05, 0) is 41.7 Å². The van der Waals surface area contributed by atoms with Crippen LogP contribution in [0.4, 0.5) is 11.4 Å². The van der Waals surface area contributed by atoms with E-state index in [4.69, 9.17) is 0 Å². The van der Waals surface area contributed by atoms with Gasteiger partial charge in [0.1, 0.15) is 0 Å². The quantitative estimate of drug-likeness (QED) is 0.433. The van der Waals surface area contributed by atoms with E-state index in [9.17, 15) is 19.7 Å². The van der Waals surface area contributed by atoms with Crippen molar-refractivity contribution in [3.63, 3.8) is 0 Å². The molecule has 1 heterocycles. The number of thioether (sulfide) groups is 2. The highest BCUT2D eigenvalue weighted by atomic mass is 32.2. The molecule has 0 aliphatic carbocycles. The van der Waals surface area contributed by atoms with Crippen LogP contribution in [0.15, 0.2) is 42.5 Å². The molecule has 3 rings (SSSR count). The van der Waals surface area contributed by atoms with Gasteiger partial charge in [0.2, 0.25) is 0 Å². The number of esters is 1. The van der Waals surface area contributed by atoms with Crippen molar-refractivity contribution in [1.82, 2.24) is 0 Å². The summed E-state index contributed by atoms with van der Waals surface area (Å²) < 4.78 is 4.94. The first kappa shape index (κ1) is 20.2. The van der Waals surface area contributed by atoms with E-state index in [1.165, 1.54) is 19.6 Å². The Morgan fingerprint density at radius 1 is 1.14 bits per heavy atom. The molecule has 7 nitrogen and oxygen atoms in total. The van der Waals surface area contributed by atoms with Gasteiger partial charge >= 0.3 is 5.97 Å². The van der Waals surface area contributed by atoms with Crippen molar-refractivity contribution in [2.45, 2.75) is 11.0 Å². The van der Waals surface area contributed by atoms with Crippen molar-refractivity contribution < 1.29 is 19.2 Å². The number of nitro benzene ring substituents is 1. The average Bonchev–Trinajstić information content (AvgIpc) is 2.73. The lowest BCUT2D eigenvalue weighted by Gasteiger charge is -2.21. The molecule has 146 valence electrons. The molecule has 1 aliphatic rings. The number of hydrogen-bond acceptors (Lipinski definition) is 7. The van der Waals surface area contributed by atoms with Crippen LogP contribution in [0.25, 0.3) is 0 Å². The molecule has 0 saturated carbocycles. The first-order chi connectivity index (χ1) is 13.5. The molecule has 0 radical (unpaired) electrons. The highest BCUT2D eigenvalue weighted by Crippen LogP contribution is 2.44. The highest BCUT2D eigenvalue weighted by molar-refractivity contribution is 8.16. The number of carbonyl (C=O) groups excluding carboxylic acids is 2. The number of ether oxygens (including phenoxy) is 1. The van der Waals surface area contributed by atoms with E-state index in [1.54, 1.807) is 6.07 Å². The Morgan fingerprint density at radius 3 is 2.54 bits per heavy atom. The van der Waals surface area contributed by atoms with Gasteiger partial charge in [-0.15, -0.1) is 23.5 Å². The number of hydrogen-bond donors (Lipinski definition) is 1. The summed E-state index contributed by atoms with van der Waals surface area (Å²) in [5, 5.41) is 13.9. The predicted octanol–water partition coefficient (Wildman–Crippen LogP) is 4.50. The molecule has 0 atom stereocenters. The second-order valence-electron chi connectivity index (χ2n) is 6.02. The molecule has 1 fully saturated rings. The number of benzene rings is 2. The number of non-ortho nitro benzene ring substituents is 1. The molecule has 0 spiro atoms. The molecule has 0 aromatic heterocycles. The third-order valence-corrected chi connectivity index (χ3v) is 7.07. The third-order valence-electron chi connectivity index (χ3n) is 4.06. The lowest BCUT2D eigenvalue weighted by Crippen LogP contribution is -2.14. The Hall–Kier alpha value is -2.52. The Kier molecular flexibility index (Phi) is 6.58. The maximum atomic E-state index is 12.6. The molecule has 0 bridgehead atoms. The van der Waals surface area contributed by atoms with Gasteiger partial charge in [-0.1, -0.05) is 12.1 Å². The summed E-state index contributed by atoms with van der Waals surface area (Å²) >= 11 is 3.75. The van der Waals surface area contributed by atoms with Crippen molar-refractivity contribution in [2.24, 2.45) is 0 Å². The van der Waals surface area contributed by atoms with Crippen LogP contribution in [0.1, 0.15) is 37.3 Å². The second kappa shape index (κ2) is 9.11. The molecule has 28 heavy (non-hydrogen) atoms. The number of nitrogens with zero attached hydrogens (tertiary/aromatic N) is 1. The Balaban J connectivity index is 1.83. The van der Waals surface area contributed by atoms with Crippen LogP contribution in [0.2, 0.25) is 0 Å². The molecule has 1 aliphatic heterocycles. The molecule has 1 amide bonds. The van der Waals surface area contributed by atoms with Gasteiger partial charge < -0.3 is 10.1 Å². The van der Waals surface area contributed by atoms with Gasteiger partial charge in [-0.25, -0.2) is 4.79 Å². The molecular formula is C19H18N2O5S2. The van der Waals surface area contributed by atoms with E-state index in [0.29, 0.717) is 10.3 Å². The zero-order valence-corrected chi connectivity index (χ0v) is 16.7. The fraction of sp³-hybridized carbons (Fsp3) is 0.263. The number of nitrogens with one attached hydrogen (secondary N) is 1. The smallest absolute Gasteiger partial charge is 0.338 e. The van der Waals surface area contributed by atoms with Crippen molar-refractivity contribution >= 4 is 46.8 Å². The zero-order valence-electron chi connectivity index (χ0n) is 15.0. The topological polar surface area (TPSA) is 98.5 Å². The van der Waals surface area contributed by atoms with Crippen molar-refractivity contribution in [3.8, 4) is 0 Å². The molecule has 1 N–H and O–H groups in total. The lowest BCUT2D eigenvalue weighted by molar-refractivity contribution is -0.384. The first-order valence-electron chi connectivity index (χ1n) is 8.50. The van der Waals surface area contributed by atoms with Crippen molar-refractivity contribution in [1.29, 1.82) is 0 Å². The van der Waals surface area contributed by atoms with Gasteiger partial charge in [-0.2, -0.15) is 0 Å². The van der Waals surface area contributed by atoms with Gasteiger partial charge in [0.25, 0.3) is 11.6 Å². The molecule has 2 aromatic carbocycles. The summed E-state index contributed by atoms with van der Waals surface area (Å²) in [6, 6.07) is 11.1. The van der Waals surface area contributed by atoms with E-state index in [1.807, 2.05) is 41.7 Å². The number of methoxy groups -OCH3 is 1. The van der Waals surface area contributed by atoms with Crippen LogP contribution in [-0.4, -0.2) is 35.4 Å². The minimum atomic E-state index is -0.744. The Bertz CT molecular complexity index is 913. The SMILES string of the molecule is COC(=O)c1cc(C(=O)Nc2cccc(C3SCCCS3)c2)cc([N+](=O)[O-])c1. The number of amides is 1. The maximum Gasteiger partial charge on any atom is 0.338 e. The summed E-state index contributed by atoms with van der Waals surface area (Å²) in [4.78, 5) is 34.9. The fourth-order valence-corrected chi connectivity index (χ4v) is 5.60. The fourth-order valence-electron chi connectivity index (χ4n) is 2.73. The number of rotatable bonds is 5. The van der Waals surface area contributed by atoms with Crippen LogP contribution in [0, 0.1) is 10.1 Å². The number of anilines is 1. The van der Waals surface area contributed by atoms with Gasteiger partial charge in [0.15, 0.2) is 0 Å².